The van der Waals surface area contributed by atoms with Crippen molar-refractivity contribution in [3.63, 3.8) is 0 Å². The van der Waals surface area contributed by atoms with E-state index in [-0.39, 0.29) is 18.4 Å². The van der Waals surface area contributed by atoms with Crippen LogP contribution in [0.4, 0.5) is 10.5 Å². The third-order valence-electron chi connectivity index (χ3n) is 2.81. The summed E-state index contributed by atoms with van der Waals surface area (Å²) in [6.07, 6.45) is 0. The van der Waals surface area contributed by atoms with E-state index in [1.807, 2.05) is 36.4 Å². The van der Waals surface area contributed by atoms with Crippen molar-refractivity contribution < 1.29 is 4.79 Å². The lowest BCUT2D eigenvalue weighted by Crippen LogP contribution is -2.28. The number of carbonyl (C=O) groups excluding carboxylic acids is 1. The molecule has 21 heavy (non-hydrogen) atoms. The molecule has 0 aromatic heterocycles. The number of carbonyl (C=O) groups is 1. The van der Waals surface area contributed by atoms with E-state index >= 15 is 0 Å². The molecule has 0 saturated heterocycles. The first-order valence-corrected chi connectivity index (χ1v) is 6.63. The highest BCUT2D eigenvalue weighted by atomic mass is 35.5. The largest absolute Gasteiger partial charge is 0.334 e. The van der Waals surface area contributed by atoms with Crippen LogP contribution in [-0.2, 0) is 13.1 Å². The first kappa shape index (κ1) is 17.3. The summed E-state index contributed by atoms with van der Waals surface area (Å²) in [4.78, 5) is 11.7. The van der Waals surface area contributed by atoms with Gasteiger partial charge in [0, 0.05) is 23.8 Å². The fourth-order valence-electron chi connectivity index (χ4n) is 1.68. The molecule has 4 N–H and O–H groups in total. The molecule has 0 fully saturated rings. The van der Waals surface area contributed by atoms with E-state index in [2.05, 4.69) is 10.6 Å². The fourth-order valence-corrected chi connectivity index (χ4v) is 1.81. The highest BCUT2D eigenvalue weighted by molar-refractivity contribution is 6.30. The Kier molecular flexibility index (Phi) is 7.02. The normalized spacial score (nSPS) is 9.62. The minimum atomic E-state index is -0.250. The molecule has 0 atom stereocenters. The van der Waals surface area contributed by atoms with Crippen molar-refractivity contribution in [2.75, 3.05) is 5.32 Å². The van der Waals surface area contributed by atoms with Gasteiger partial charge < -0.3 is 16.4 Å². The number of amides is 2. The van der Waals surface area contributed by atoms with Crippen LogP contribution in [0.2, 0.25) is 5.02 Å². The van der Waals surface area contributed by atoms with Gasteiger partial charge in [-0.3, -0.25) is 0 Å². The van der Waals surface area contributed by atoms with Gasteiger partial charge in [0.1, 0.15) is 0 Å². The third-order valence-corrected chi connectivity index (χ3v) is 3.07. The maximum absolute atomic E-state index is 11.7. The van der Waals surface area contributed by atoms with Gasteiger partial charge in [-0.2, -0.15) is 0 Å². The molecule has 6 heteroatoms. The first-order valence-electron chi connectivity index (χ1n) is 6.25. The molecular weight excluding hydrogens is 309 g/mol. The number of hydrogen-bond donors (Lipinski definition) is 3. The van der Waals surface area contributed by atoms with Gasteiger partial charge in [-0.25, -0.2) is 4.79 Å². The predicted molar refractivity (Wildman–Crippen MR) is 88.9 cm³/mol. The molecule has 0 heterocycles. The smallest absolute Gasteiger partial charge is 0.319 e. The highest BCUT2D eigenvalue weighted by Crippen LogP contribution is 2.10. The lowest BCUT2D eigenvalue weighted by molar-refractivity contribution is 0.251. The SMILES string of the molecule is Cl.NCc1ccc(NC(=O)NCc2ccc(Cl)cc2)cc1. The van der Waals surface area contributed by atoms with Gasteiger partial charge in [0.05, 0.1) is 0 Å². The van der Waals surface area contributed by atoms with Crippen molar-refractivity contribution in [3.05, 3.63) is 64.7 Å². The Balaban J connectivity index is 0.00000220. The summed E-state index contributed by atoms with van der Waals surface area (Å²) in [5, 5.41) is 6.21. The Bertz CT molecular complexity index is 570. The average Bonchev–Trinajstić information content (AvgIpc) is 2.47. The number of nitrogens with two attached hydrogens (primary N) is 1. The van der Waals surface area contributed by atoms with Crippen molar-refractivity contribution in [3.8, 4) is 0 Å². The maximum atomic E-state index is 11.7. The van der Waals surface area contributed by atoms with Crippen molar-refractivity contribution in [2.24, 2.45) is 5.73 Å². The number of urea groups is 1. The van der Waals surface area contributed by atoms with E-state index in [1.165, 1.54) is 0 Å². The van der Waals surface area contributed by atoms with Crippen LogP contribution in [0.25, 0.3) is 0 Å². The Hall–Kier alpha value is -1.75. The molecule has 0 saturated carbocycles. The third kappa shape index (κ3) is 5.63. The van der Waals surface area contributed by atoms with E-state index in [9.17, 15) is 4.79 Å². The monoisotopic (exact) mass is 325 g/mol. The minimum Gasteiger partial charge on any atom is -0.334 e. The van der Waals surface area contributed by atoms with Crippen LogP contribution in [0.1, 0.15) is 11.1 Å². The van der Waals surface area contributed by atoms with E-state index in [4.69, 9.17) is 17.3 Å². The summed E-state index contributed by atoms with van der Waals surface area (Å²) in [6.45, 7) is 0.937. The first-order chi connectivity index (χ1) is 9.67. The summed E-state index contributed by atoms with van der Waals surface area (Å²) in [5.41, 5.74) is 8.26. The second-order valence-corrected chi connectivity index (χ2v) is 4.77. The summed E-state index contributed by atoms with van der Waals surface area (Å²) in [5.74, 6) is 0. The predicted octanol–water partition coefficient (Wildman–Crippen LogP) is 3.54. The second kappa shape index (κ2) is 8.52. The van der Waals surface area contributed by atoms with Gasteiger partial charge >= 0.3 is 6.03 Å². The Morgan fingerprint density at radius 3 is 2.14 bits per heavy atom. The minimum absolute atomic E-state index is 0. The van der Waals surface area contributed by atoms with Crippen molar-refractivity contribution in [1.82, 2.24) is 5.32 Å². The molecule has 4 nitrogen and oxygen atoms in total. The molecule has 2 rings (SSSR count). The zero-order valence-corrected chi connectivity index (χ0v) is 12.9. The fraction of sp³-hybridized carbons (Fsp3) is 0.133. The lowest BCUT2D eigenvalue weighted by Gasteiger charge is -2.08. The Morgan fingerprint density at radius 1 is 1.00 bits per heavy atom. The van der Waals surface area contributed by atoms with Gasteiger partial charge in [-0.15, -0.1) is 12.4 Å². The molecule has 0 radical (unpaired) electrons. The van der Waals surface area contributed by atoms with Gasteiger partial charge in [0.25, 0.3) is 0 Å². The van der Waals surface area contributed by atoms with E-state index in [1.54, 1.807) is 12.1 Å². The average molecular weight is 326 g/mol. The van der Waals surface area contributed by atoms with Crippen molar-refractivity contribution >= 4 is 35.7 Å². The summed E-state index contributed by atoms with van der Waals surface area (Å²) < 4.78 is 0. The molecule has 0 bridgehead atoms. The van der Waals surface area contributed by atoms with Crippen LogP contribution < -0.4 is 16.4 Å². The standard InChI is InChI=1S/C15H16ClN3O.ClH/c16-13-5-1-12(2-6-13)10-18-15(20)19-14-7-3-11(9-17)4-8-14;/h1-8H,9-10,17H2,(H2,18,19,20);1H. The topological polar surface area (TPSA) is 67.1 Å². The molecule has 2 aromatic rings. The van der Waals surface area contributed by atoms with Crippen LogP contribution in [-0.4, -0.2) is 6.03 Å². The molecule has 0 aliphatic carbocycles. The quantitative estimate of drug-likeness (QED) is 0.804. The zero-order chi connectivity index (χ0) is 14.4. The summed E-state index contributed by atoms with van der Waals surface area (Å²) >= 11 is 5.80. The van der Waals surface area contributed by atoms with Gasteiger partial charge in [0.15, 0.2) is 0 Å². The number of rotatable bonds is 4. The second-order valence-electron chi connectivity index (χ2n) is 4.34. The molecule has 0 aliphatic rings. The van der Waals surface area contributed by atoms with Crippen LogP contribution >= 0.6 is 24.0 Å². The van der Waals surface area contributed by atoms with E-state index in [0.717, 1.165) is 16.8 Å². The zero-order valence-electron chi connectivity index (χ0n) is 11.3. The Morgan fingerprint density at radius 2 is 1.57 bits per heavy atom. The van der Waals surface area contributed by atoms with Gasteiger partial charge in [-0.05, 0) is 35.4 Å². The number of halogens is 2. The molecule has 0 aliphatic heterocycles. The lowest BCUT2D eigenvalue weighted by atomic mass is 10.2. The molecule has 2 amide bonds. The number of nitrogens with one attached hydrogen (secondary N) is 2. The Labute approximate surface area is 135 Å². The van der Waals surface area contributed by atoms with Crippen molar-refractivity contribution in [1.29, 1.82) is 0 Å². The van der Waals surface area contributed by atoms with Gasteiger partial charge in [0.2, 0.25) is 0 Å². The van der Waals surface area contributed by atoms with Crippen LogP contribution in [0, 0.1) is 0 Å². The van der Waals surface area contributed by atoms with Crippen LogP contribution in [0.3, 0.4) is 0 Å². The number of anilines is 1. The van der Waals surface area contributed by atoms with Crippen LogP contribution in [0.5, 0.6) is 0 Å². The van der Waals surface area contributed by atoms with E-state index in [0.29, 0.717) is 18.1 Å². The summed E-state index contributed by atoms with van der Waals surface area (Å²) in [6, 6.07) is 14.5. The number of benzene rings is 2. The van der Waals surface area contributed by atoms with E-state index < -0.39 is 0 Å². The number of hydrogen-bond acceptors (Lipinski definition) is 2. The van der Waals surface area contributed by atoms with Crippen molar-refractivity contribution in [2.45, 2.75) is 13.1 Å². The molecule has 0 spiro atoms. The highest BCUT2D eigenvalue weighted by Gasteiger charge is 2.01. The molecule has 2 aromatic carbocycles. The van der Waals surface area contributed by atoms with Gasteiger partial charge in [-0.1, -0.05) is 35.9 Å². The van der Waals surface area contributed by atoms with Crippen LogP contribution in [0.15, 0.2) is 48.5 Å². The molecule has 112 valence electrons. The maximum Gasteiger partial charge on any atom is 0.319 e. The summed E-state index contributed by atoms with van der Waals surface area (Å²) in [7, 11) is 0. The molecular formula is C15H17Cl2N3O. The molecule has 0 unspecified atom stereocenters.